The van der Waals surface area contributed by atoms with Crippen molar-refractivity contribution in [2.24, 2.45) is 0 Å². The summed E-state index contributed by atoms with van der Waals surface area (Å²) >= 11 is 6.11. The van der Waals surface area contributed by atoms with Crippen LogP contribution in [-0.2, 0) is 5.41 Å². The molecule has 2 rings (SSSR count). The fourth-order valence-electron chi connectivity index (χ4n) is 1.75. The lowest BCUT2D eigenvalue weighted by molar-refractivity contribution is 0.547. The monoisotopic (exact) mass is 293 g/mol. The number of hydrogen-bond acceptors (Lipinski definition) is 3. The summed E-state index contributed by atoms with van der Waals surface area (Å²) in [6.45, 7) is 6.12. The average Bonchev–Trinajstić information content (AvgIpc) is 2.37. The molecule has 0 aliphatic heterocycles. The first kappa shape index (κ1) is 14.7. The third-order valence-electron chi connectivity index (χ3n) is 2.86. The standard InChI is InChI=1S/C15H17ClFN3/c1-15(2,3)14-19-12(8-13(18-4)20-14)10-6-5-9(17)7-11(10)16/h5-8H,1-4H3,(H,18,19,20). The zero-order chi connectivity index (χ0) is 14.9. The zero-order valence-corrected chi connectivity index (χ0v) is 12.7. The highest BCUT2D eigenvalue weighted by atomic mass is 35.5. The van der Waals surface area contributed by atoms with Gasteiger partial charge in [-0.15, -0.1) is 0 Å². The highest BCUT2D eigenvalue weighted by Crippen LogP contribution is 2.30. The van der Waals surface area contributed by atoms with Crippen molar-refractivity contribution < 1.29 is 4.39 Å². The molecule has 1 heterocycles. The molecular formula is C15H17ClFN3. The topological polar surface area (TPSA) is 37.8 Å². The van der Waals surface area contributed by atoms with E-state index in [0.29, 0.717) is 27.9 Å². The highest BCUT2D eigenvalue weighted by molar-refractivity contribution is 6.33. The molecule has 0 aliphatic carbocycles. The number of benzene rings is 1. The Balaban J connectivity index is 2.61. The van der Waals surface area contributed by atoms with Crippen LogP contribution < -0.4 is 5.32 Å². The molecule has 0 fully saturated rings. The maximum atomic E-state index is 13.1. The van der Waals surface area contributed by atoms with E-state index in [1.165, 1.54) is 12.1 Å². The number of rotatable bonds is 2. The van der Waals surface area contributed by atoms with Gasteiger partial charge in [0.2, 0.25) is 0 Å². The number of anilines is 1. The minimum Gasteiger partial charge on any atom is -0.373 e. The first-order valence-corrected chi connectivity index (χ1v) is 6.72. The third kappa shape index (κ3) is 3.07. The fraction of sp³-hybridized carbons (Fsp3) is 0.333. The predicted octanol–water partition coefficient (Wildman–Crippen LogP) is 4.28. The average molecular weight is 294 g/mol. The molecule has 0 bridgehead atoms. The van der Waals surface area contributed by atoms with Crippen LogP contribution in [-0.4, -0.2) is 17.0 Å². The van der Waals surface area contributed by atoms with E-state index in [0.717, 1.165) is 0 Å². The zero-order valence-electron chi connectivity index (χ0n) is 12.0. The quantitative estimate of drug-likeness (QED) is 0.898. The Morgan fingerprint density at radius 3 is 2.40 bits per heavy atom. The molecule has 5 heteroatoms. The summed E-state index contributed by atoms with van der Waals surface area (Å²) in [5.41, 5.74) is 1.19. The van der Waals surface area contributed by atoms with Crippen molar-refractivity contribution in [2.45, 2.75) is 26.2 Å². The Kier molecular flexibility index (Phi) is 3.95. The molecule has 1 N–H and O–H groups in total. The Morgan fingerprint density at radius 1 is 1.15 bits per heavy atom. The van der Waals surface area contributed by atoms with Crippen LogP contribution in [0.25, 0.3) is 11.3 Å². The fourth-order valence-corrected chi connectivity index (χ4v) is 2.01. The second kappa shape index (κ2) is 5.37. The van der Waals surface area contributed by atoms with Gasteiger partial charge in [-0.1, -0.05) is 32.4 Å². The van der Waals surface area contributed by atoms with E-state index in [1.807, 2.05) is 20.8 Å². The molecule has 1 aromatic carbocycles. The van der Waals surface area contributed by atoms with E-state index >= 15 is 0 Å². The lowest BCUT2D eigenvalue weighted by Gasteiger charge is -2.18. The van der Waals surface area contributed by atoms with Gasteiger partial charge in [0.15, 0.2) is 0 Å². The maximum Gasteiger partial charge on any atom is 0.136 e. The first-order chi connectivity index (χ1) is 9.31. The highest BCUT2D eigenvalue weighted by Gasteiger charge is 2.20. The minimum absolute atomic E-state index is 0.186. The van der Waals surface area contributed by atoms with Gasteiger partial charge in [-0.25, -0.2) is 14.4 Å². The minimum atomic E-state index is -0.363. The Hall–Kier alpha value is -1.68. The summed E-state index contributed by atoms with van der Waals surface area (Å²) in [5, 5.41) is 3.35. The summed E-state index contributed by atoms with van der Waals surface area (Å²) in [6, 6.07) is 6.09. The van der Waals surface area contributed by atoms with Gasteiger partial charge < -0.3 is 5.32 Å². The molecule has 0 atom stereocenters. The van der Waals surface area contributed by atoms with E-state index in [2.05, 4.69) is 15.3 Å². The molecule has 0 aliphatic rings. The van der Waals surface area contributed by atoms with Crippen molar-refractivity contribution in [1.29, 1.82) is 0 Å². The van der Waals surface area contributed by atoms with E-state index in [-0.39, 0.29) is 11.2 Å². The SMILES string of the molecule is CNc1cc(-c2ccc(F)cc2Cl)nc(C(C)(C)C)n1. The number of aromatic nitrogens is 2. The van der Waals surface area contributed by atoms with Gasteiger partial charge >= 0.3 is 0 Å². The van der Waals surface area contributed by atoms with Gasteiger partial charge in [0.25, 0.3) is 0 Å². The largest absolute Gasteiger partial charge is 0.373 e. The van der Waals surface area contributed by atoms with Gasteiger partial charge in [-0.05, 0) is 18.2 Å². The summed E-state index contributed by atoms with van der Waals surface area (Å²) in [4.78, 5) is 9.01. The second-order valence-electron chi connectivity index (χ2n) is 5.59. The summed E-state index contributed by atoms with van der Waals surface area (Å²) in [7, 11) is 1.80. The molecule has 0 radical (unpaired) electrons. The van der Waals surface area contributed by atoms with Crippen LogP contribution in [0.5, 0.6) is 0 Å². The van der Waals surface area contributed by atoms with Crippen molar-refractivity contribution in [3.8, 4) is 11.3 Å². The van der Waals surface area contributed by atoms with Gasteiger partial charge in [0.1, 0.15) is 17.5 Å². The molecule has 0 amide bonds. The first-order valence-electron chi connectivity index (χ1n) is 6.34. The molecule has 20 heavy (non-hydrogen) atoms. The van der Waals surface area contributed by atoms with Crippen molar-refractivity contribution >= 4 is 17.4 Å². The smallest absolute Gasteiger partial charge is 0.136 e. The van der Waals surface area contributed by atoms with Crippen LogP contribution in [0, 0.1) is 5.82 Å². The molecular weight excluding hydrogens is 277 g/mol. The number of nitrogens with zero attached hydrogens (tertiary/aromatic N) is 2. The molecule has 0 saturated carbocycles. The summed E-state index contributed by atoms with van der Waals surface area (Å²) < 4.78 is 13.1. The lowest BCUT2D eigenvalue weighted by Crippen LogP contribution is -2.17. The number of halogens is 2. The summed E-state index contributed by atoms with van der Waals surface area (Å²) in [5.74, 6) is 1.05. The molecule has 2 aromatic rings. The number of hydrogen-bond donors (Lipinski definition) is 1. The Bertz CT molecular complexity index is 636. The van der Waals surface area contributed by atoms with Crippen LogP contribution >= 0.6 is 11.6 Å². The van der Waals surface area contributed by atoms with Crippen molar-refractivity contribution in [1.82, 2.24) is 9.97 Å². The van der Waals surface area contributed by atoms with E-state index < -0.39 is 0 Å². The Labute approximate surface area is 123 Å². The van der Waals surface area contributed by atoms with Gasteiger partial charge in [-0.3, -0.25) is 0 Å². The van der Waals surface area contributed by atoms with E-state index in [1.54, 1.807) is 19.2 Å². The normalized spacial score (nSPS) is 11.5. The molecule has 3 nitrogen and oxygen atoms in total. The van der Waals surface area contributed by atoms with Crippen LogP contribution in [0.4, 0.5) is 10.2 Å². The maximum absolute atomic E-state index is 13.1. The van der Waals surface area contributed by atoms with Gasteiger partial charge in [0, 0.05) is 24.1 Å². The van der Waals surface area contributed by atoms with Crippen LogP contribution in [0.2, 0.25) is 5.02 Å². The van der Waals surface area contributed by atoms with Gasteiger partial charge in [0.05, 0.1) is 10.7 Å². The Morgan fingerprint density at radius 2 is 1.85 bits per heavy atom. The van der Waals surface area contributed by atoms with Crippen molar-refractivity contribution in [3.63, 3.8) is 0 Å². The third-order valence-corrected chi connectivity index (χ3v) is 3.17. The molecule has 106 valence electrons. The second-order valence-corrected chi connectivity index (χ2v) is 5.99. The van der Waals surface area contributed by atoms with Crippen molar-refractivity contribution in [2.75, 3.05) is 12.4 Å². The molecule has 0 unspecified atom stereocenters. The van der Waals surface area contributed by atoms with E-state index in [9.17, 15) is 4.39 Å². The molecule has 0 spiro atoms. The van der Waals surface area contributed by atoms with Gasteiger partial charge in [-0.2, -0.15) is 0 Å². The molecule has 1 aromatic heterocycles. The number of nitrogens with one attached hydrogen (secondary N) is 1. The summed E-state index contributed by atoms with van der Waals surface area (Å²) in [6.07, 6.45) is 0. The lowest BCUT2D eigenvalue weighted by atomic mass is 9.95. The van der Waals surface area contributed by atoms with Crippen LogP contribution in [0.15, 0.2) is 24.3 Å². The van der Waals surface area contributed by atoms with Crippen LogP contribution in [0.3, 0.4) is 0 Å². The van der Waals surface area contributed by atoms with E-state index in [4.69, 9.17) is 11.6 Å². The van der Waals surface area contributed by atoms with Crippen LogP contribution in [0.1, 0.15) is 26.6 Å². The molecule has 0 saturated heterocycles. The predicted molar refractivity (Wildman–Crippen MR) is 80.7 cm³/mol. The van der Waals surface area contributed by atoms with Crippen molar-refractivity contribution in [3.05, 3.63) is 40.9 Å².